The summed E-state index contributed by atoms with van der Waals surface area (Å²) < 4.78 is 16.2. The summed E-state index contributed by atoms with van der Waals surface area (Å²) in [4.78, 5) is 26.5. The Balaban J connectivity index is 2.10. The van der Waals surface area contributed by atoms with Crippen LogP contribution in [0.3, 0.4) is 0 Å². The summed E-state index contributed by atoms with van der Waals surface area (Å²) in [7, 11) is 3.12. The van der Waals surface area contributed by atoms with Crippen LogP contribution in [0.5, 0.6) is 11.5 Å². The van der Waals surface area contributed by atoms with Gasteiger partial charge in [0.1, 0.15) is 5.92 Å². The van der Waals surface area contributed by atoms with E-state index in [4.69, 9.17) is 14.2 Å². The summed E-state index contributed by atoms with van der Waals surface area (Å²) in [5, 5.41) is 1.97. The van der Waals surface area contributed by atoms with Gasteiger partial charge in [0.25, 0.3) is 0 Å². The van der Waals surface area contributed by atoms with Gasteiger partial charge in [0.05, 0.1) is 20.8 Å². The number of rotatable bonds is 6. The van der Waals surface area contributed by atoms with Crippen molar-refractivity contribution in [2.45, 2.75) is 19.3 Å². The molecule has 0 saturated carbocycles. The molecule has 6 heteroatoms. The van der Waals surface area contributed by atoms with Crippen molar-refractivity contribution in [2.24, 2.45) is 5.92 Å². The van der Waals surface area contributed by atoms with Gasteiger partial charge >= 0.3 is 5.97 Å². The standard InChI is InChI=1S/C21H22O5S/c1-4-26-21(23)19-15(14-7-5-8-17(24-2)20(14)25-3)11-13(12-16(19)22)18-9-6-10-27-18/h5-10,12,15,19H,4,11H2,1-3H3. The molecule has 2 unspecified atom stereocenters. The molecule has 1 aromatic heterocycles. The number of ketones is 1. The molecule has 2 aromatic rings. The predicted molar refractivity (Wildman–Crippen MR) is 104 cm³/mol. The first-order valence-electron chi connectivity index (χ1n) is 8.76. The van der Waals surface area contributed by atoms with Crippen LogP contribution in [-0.2, 0) is 14.3 Å². The van der Waals surface area contributed by atoms with Crippen molar-refractivity contribution in [3.05, 3.63) is 52.2 Å². The van der Waals surface area contributed by atoms with Crippen molar-refractivity contribution in [1.82, 2.24) is 0 Å². The average Bonchev–Trinajstić information content (AvgIpc) is 3.21. The molecule has 1 aliphatic carbocycles. The zero-order valence-corrected chi connectivity index (χ0v) is 16.4. The highest BCUT2D eigenvalue weighted by Gasteiger charge is 2.41. The Kier molecular flexibility index (Phi) is 5.96. The number of hydrogen-bond acceptors (Lipinski definition) is 6. The van der Waals surface area contributed by atoms with Gasteiger partial charge in [-0.05, 0) is 42.5 Å². The van der Waals surface area contributed by atoms with Crippen LogP contribution >= 0.6 is 11.3 Å². The molecule has 0 saturated heterocycles. The minimum atomic E-state index is -0.894. The van der Waals surface area contributed by atoms with Crippen LogP contribution in [0.4, 0.5) is 0 Å². The first-order valence-corrected chi connectivity index (χ1v) is 9.64. The Morgan fingerprint density at radius 3 is 2.63 bits per heavy atom. The van der Waals surface area contributed by atoms with Crippen LogP contribution in [0.1, 0.15) is 29.7 Å². The summed E-state index contributed by atoms with van der Waals surface area (Å²) in [5.74, 6) is -0.910. The van der Waals surface area contributed by atoms with E-state index in [9.17, 15) is 9.59 Å². The van der Waals surface area contributed by atoms with Crippen molar-refractivity contribution >= 4 is 28.7 Å². The molecule has 0 spiro atoms. The van der Waals surface area contributed by atoms with E-state index in [0.717, 1.165) is 16.0 Å². The van der Waals surface area contributed by atoms with Gasteiger partial charge in [-0.1, -0.05) is 18.2 Å². The highest BCUT2D eigenvalue weighted by molar-refractivity contribution is 7.11. The third-order valence-electron chi connectivity index (χ3n) is 4.68. The van der Waals surface area contributed by atoms with Gasteiger partial charge in [0.2, 0.25) is 0 Å². The van der Waals surface area contributed by atoms with E-state index in [2.05, 4.69) is 0 Å². The molecule has 0 aliphatic heterocycles. The highest BCUT2D eigenvalue weighted by atomic mass is 32.1. The van der Waals surface area contributed by atoms with Gasteiger partial charge in [0, 0.05) is 16.4 Å². The topological polar surface area (TPSA) is 61.8 Å². The first-order chi connectivity index (χ1) is 13.1. The molecule has 5 nitrogen and oxygen atoms in total. The molecule has 1 aliphatic rings. The second-order valence-corrected chi connectivity index (χ2v) is 7.12. The molecular formula is C21H22O5S. The molecule has 1 heterocycles. The number of thiophene rings is 1. The number of benzene rings is 1. The Bertz CT molecular complexity index is 853. The summed E-state index contributed by atoms with van der Waals surface area (Å²) in [5.41, 5.74) is 1.69. The van der Waals surface area contributed by atoms with Crippen molar-refractivity contribution < 1.29 is 23.8 Å². The molecule has 2 atom stereocenters. The average molecular weight is 386 g/mol. The van der Waals surface area contributed by atoms with E-state index < -0.39 is 11.9 Å². The van der Waals surface area contributed by atoms with E-state index in [0.29, 0.717) is 17.9 Å². The lowest BCUT2D eigenvalue weighted by atomic mass is 9.74. The van der Waals surface area contributed by atoms with Gasteiger partial charge in [-0.25, -0.2) is 0 Å². The molecule has 0 N–H and O–H groups in total. The normalized spacial score (nSPS) is 19.4. The molecular weight excluding hydrogens is 364 g/mol. The number of carbonyl (C=O) groups is 2. The van der Waals surface area contributed by atoms with Crippen LogP contribution in [0.25, 0.3) is 5.57 Å². The number of carbonyl (C=O) groups excluding carboxylic acids is 2. The number of esters is 1. The predicted octanol–water partition coefficient (Wildman–Crippen LogP) is 4.08. The lowest BCUT2D eigenvalue weighted by molar-refractivity contribution is -0.151. The van der Waals surface area contributed by atoms with E-state index in [-0.39, 0.29) is 18.3 Å². The molecule has 0 radical (unpaired) electrons. The van der Waals surface area contributed by atoms with Crippen molar-refractivity contribution in [3.8, 4) is 11.5 Å². The minimum absolute atomic E-state index is 0.228. The molecule has 0 amide bonds. The Hall–Kier alpha value is -2.60. The lowest BCUT2D eigenvalue weighted by Gasteiger charge is -2.30. The zero-order valence-electron chi connectivity index (χ0n) is 15.6. The fourth-order valence-electron chi connectivity index (χ4n) is 3.51. The molecule has 27 heavy (non-hydrogen) atoms. The van der Waals surface area contributed by atoms with Crippen LogP contribution in [0.2, 0.25) is 0 Å². The Morgan fingerprint density at radius 2 is 2.00 bits per heavy atom. The van der Waals surface area contributed by atoms with E-state index in [1.807, 2.05) is 29.6 Å². The second-order valence-electron chi connectivity index (χ2n) is 6.17. The first kappa shape index (κ1) is 19.2. The SMILES string of the molecule is CCOC(=O)C1C(=O)C=C(c2cccs2)CC1c1cccc(OC)c1OC. The van der Waals surface area contributed by atoms with Gasteiger partial charge in [-0.3, -0.25) is 9.59 Å². The molecule has 0 fully saturated rings. The third kappa shape index (κ3) is 3.76. The van der Waals surface area contributed by atoms with Crippen molar-refractivity contribution in [2.75, 3.05) is 20.8 Å². The lowest BCUT2D eigenvalue weighted by Crippen LogP contribution is -2.34. The molecule has 142 valence electrons. The summed E-state index contributed by atoms with van der Waals surface area (Å²) >= 11 is 1.57. The maximum Gasteiger partial charge on any atom is 0.317 e. The minimum Gasteiger partial charge on any atom is -0.493 e. The Morgan fingerprint density at radius 1 is 1.19 bits per heavy atom. The maximum absolute atomic E-state index is 12.9. The van der Waals surface area contributed by atoms with Gasteiger partial charge in [0.15, 0.2) is 17.3 Å². The third-order valence-corrected chi connectivity index (χ3v) is 5.62. The summed E-state index contributed by atoms with van der Waals surface area (Å²) in [6, 6.07) is 9.44. The van der Waals surface area contributed by atoms with Crippen LogP contribution in [0, 0.1) is 5.92 Å². The van der Waals surface area contributed by atoms with Crippen LogP contribution in [-0.4, -0.2) is 32.6 Å². The smallest absolute Gasteiger partial charge is 0.317 e. The quantitative estimate of drug-likeness (QED) is 0.553. The highest BCUT2D eigenvalue weighted by Crippen LogP contribution is 2.46. The van der Waals surface area contributed by atoms with Crippen molar-refractivity contribution in [3.63, 3.8) is 0 Å². The molecule has 0 bridgehead atoms. The van der Waals surface area contributed by atoms with Crippen LogP contribution in [0.15, 0.2) is 41.8 Å². The molecule has 1 aromatic carbocycles. The van der Waals surface area contributed by atoms with Gasteiger partial charge in [-0.2, -0.15) is 0 Å². The van der Waals surface area contributed by atoms with Crippen LogP contribution < -0.4 is 9.47 Å². The Labute approximate surface area is 162 Å². The molecule has 3 rings (SSSR count). The number of hydrogen-bond donors (Lipinski definition) is 0. The van der Waals surface area contributed by atoms with Crippen molar-refractivity contribution in [1.29, 1.82) is 0 Å². The van der Waals surface area contributed by atoms with Gasteiger partial charge in [-0.15, -0.1) is 11.3 Å². The van der Waals surface area contributed by atoms with Gasteiger partial charge < -0.3 is 14.2 Å². The number of para-hydroxylation sites is 1. The van der Waals surface area contributed by atoms with E-state index >= 15 is 0 Å². The summed E-state index contributed by atoms with van der Waals surface area (Å²) in [6.45, 7) is 1.96. The number of methoxy groups -OCH3 is 2. The number of allylic oxidation sites excluding steroid dienone is 2. The zero-order chi connectivity index (χ0) is 19.4. The largest absolute Gasteiger partial charge is 0.493 e. The fourth-order valence-corrected chi connectivity index (χ4v) is 4.27. The number of ether oxygens (including phenoxy) is 3. The fraction of sp³-hybridized carbons (Fsp3) is 0.333. The summed E-state index contributed by atoms with van der Waals surface area (Å²) in [6.07, 6.45) is 2.12. The maximum atomic E-state index is 12.9. The van der Waals surface area contributed by atoms with E-state index in [1.54, 1.807) is 44.6 Å². The van der Waals surface area contributed by atoms with E-state index in [1.165, 1.54) is 0 Å². The second kappa shape index (κ2) is 8.39. The monoisotopic (exact) mass is 386 g/mol.